The first-order chi connectivity index (χ1) is 18.0. The Bertz CT molecular complexity index is 1350. The highest BCUT2D eigenvalue weighted by molar-refractivity contribution is 6.42. The second-order valence-electron chi connectivity index (χ2n) is 8.85. The number of hydrogen-bond donors (Lipinski definition) is 2. The number of carbonyl (C=O) groups is 1. The van der Waals surface area contributed by atoms with Crippen molar-refractivity contribution in [2.75, 3.05) is 26.3 Å². The number of alkyl halides is 3. The maximum Gasteiger partial charge on any atom is 0.490 e. The van der Waals surface area contributed by atoms with Gasteiger partial charge in [-0.25, -0.2) is 14.5 Å². The van der Waals surface area contributed by atoms with E-state index in [-0.39, 0.29) is 23.7 Å². The molecule has 0 radical (unpaired) electrons. The smallest absolute Gasteiger partial charge is 0.486 e. The molecule has 1 atom stereocenters. The van der Waals surface area contributed by atoms with Crippen LogP contribution in [0.5, 0.6) is 5.75 Å². The quantitative estimate of drug-likeness (QED) is 0.461. The van der Waals surface area contributed by atoms with Gasteiger partial charge in [-0.2, -0.15) is 18.3 Å². The van der Waals surface area contributed by atoms with Crippen molar-refractivity contribution in [3.8, 4) is 5.75 Å². The standard InChI is InChI=1S/C21H23Cl2N5O3.C2HF3O2/c1-12(27-10-14(11-27)31-17-4-2-3-16(22)18(17)23)19-25-20-15(21(29)26-19)9-24-28(20)13-5-7-30-8-6-13;3-2(4,5)1(6)7/h2-4,9,12-14H,5-8,10-11H2,1H3,(H,25,26,29);(H,6,7). The summed E-state index contributed by atoms with van der Waals surface area (Å²) < 4.78 is 45.1. The van der Waals surface area contributed by atoms with E-state index < -0.39 is 12.1 Å². The summed E-state index contributed by atoms with van der Waals surface area (Å²) in [5.74, 6) is -1.54. The summed E-state index contributed by atoms with van der Waals surface area (Å²) in [5, 5.41) is 13.0. The molecule has 1 unspecified atom stereocenters. The van der Waals surface area contributed by atoms with Crippen LogP contribution in [0, 0.1) is 0 Å². The number of nitrogens with zero attached hydrogens (tertiary/aromatic N) is 4. The van der Waals surface area contributed by atoms with Crippen LogP contribution in [-0.4, -0.2) is 74.3 Å². The molecule has 206 valence electrons. The van der Waals surface area contributed by atoms with Crippen LogP contribution in [0.1, 0.15) is 37.7 Å². The Kier molecular flexibility index (Phi) is 8.50. The Labute approximate surface area is 224 Å². The third-order valence-electron chi connectivity index (χ3n) is 6.29. The molecule has 2 aliphatic heterocycles. The van der Waals surface area contributed by atoms with E-state index in [1.807, 2.05) is 23.7 Å². The number of halogens is 5. The molecule has 0 spiro atoms. The van der Waals surface area contributed by atoms with Gasteiger partial charge >= 0.3 is 12.1 Å². The second-order valence-corrected chi connectivity index (χ2v) is 9.63. The topological polar surface area (TPSA) is 123 Å². The molecule has 4 heterocycles. The van der Waals surface area contributed by atoms with Crippen molar-refractivity contribution in [2.24, 2.45) is 0 Å². The highest BCUT2D eigenvalue weighted by Crippen LogP contribution is 2.34. The van der Waals surface area contributed by atoms with Gasteiger partial charge in [0.1, 0.15) is 28.1 Å². The van der Waals surface area contributed by atoms with Crippen LogP contribution in [-0.2, 0) is 9.53 Å². The molecule has 2 N–H and O–H groups in total. The van der Waals surface area contributed by atoms with Crippen LogP contribution < -0.4 is 10.3 Å². The number of fused-ring (bicyclic) bond motifs is 1. The fraction of sp³-hybridized carbons (Fsp3) is 0.478. The average molecular weight is 578 g/mol. The zero-order chi connectivity index (χ0) is 27.6. The second kappa shape index (κ2) is 11.5. The minimum atomic E-state index is -5.08. The minimum Gasteiger partial charge on any atom is -0.486 e. The summed E-state index contributed by atoms with van der Waals surface area (Å²) in [6.45, 7) is 4.83. The highest BCUT2D eigenvalue weighted by atomic mass is 35.5. The highest BCUT2D eigenvalue weighted by Gasteiger charge is 2.38. The van der Waals surface area contributed by atoms with Crippen LogP contribution in [0.4, 0.5) is 13.2 Å². The third kappa shape index (κ3) is 6.22. The number of rotatable bonds is 5. The first-order valence-electron chi connectivity index (χ1n) is 11.7. The van der Waals surface area contributed by atoms with Crippen molar-refractivity contribution in [1.29, 1.82) is 0 Å². The summed E-state index contributed by atoms with van der Waals surface area (Å²) in [6, 6.07) is 5.49. The van der Waals surface area contributed by atoms with Crippen LogP contribution >= 0.6 is 23.2 Å². The van der Waals surface area contributed by atoms with Gasteiger partial charge in [-0.05, 0) is 31.9 Å². The molecule has 10 nitrogen and oxygen atoms in total. The predicted octanol–water partition coefficient (Wildman–Crippen LogP) is 4.24. The number of ether oxygens (including phenoxy) is 2. The minimum absolute atomic E-state index is 0.00152. The SMILES string of the molecule is CC(c1nc2c(cnn2C2CCOCC2)c(=O)[nH]1)N1CC(Oc2cccc(Cl)c2Cl)C1.O=C(O)C(F)(F)F. The molecule has 0 saturated carbocycles. The fourth-order valence-electron chi connectivity index (χ4n) is 4.14. The van der Waals surface area contributed by atoms with Gasteiger partial charge in [-0.1, -0.05) is 29.3 Å². The molecule has 38 heavy (non-hydrogen) atoms. The van der Waals surface area contributed by atoms with Crippen LogP contribution in [0.15, 0.2) is 29.2 Å². The Morgan fingerprint density at radius 2 is 1.92 bits per heavy atom. The summed E-state index contributed by atoms with van der Waals surface area (Å²) in [4.78, 5) is 31.5. The Morgan fingerprint density at radius 1 is 1.26 bits per heavy atom. The summed E-state index contributed by atoms with van der Waals surface area (Å²) >= 11 is 12.3. The predicted molar refractivity (Wildman–Crippen MR) is 132 cm³/mol. The van der Waals surface area contributed by atoms with Gasteiger partial charge in [0.2, 0.25) is 0 Å². The largest absolute Gasteiger partial charge is 0.490 e. The number of likely N-dealkylation sites (tertiary alicyclic amines) is 1. The molecule has 3 aromatic rings. The molecule has 1 aromatic carbocycles. The monoisotopic (exact) mass is 577 g/mol. The maximum absolute atomic E-state index is 12.7. The Balaban J connectivity index is 0.000000426. The average Bonchev–Trinajstić information content (AvgIpc) is 3.28. The summed E-state index contributed by atoms with van der Waals surface area (Å²) in [6.07, 6.45) is -1.74. The number of aromatic amines is 1. The molecule has 0 amide bonds. The lowest BCUT2D eigenvalue weighted by Crippen LogP contribution is -2.54. The van der Waals surface area contributed by atoms with E-state index in [1.165, 1.54) is 0 Å². The van der Waals surface area contributed by atoms with E-state index >= 15 is 0 Å². The van der Waals surface area contributed by atoms with E-state index in [0.29, 0.717) is 59.0 Å². The van der Waals surface area contributed by atoms with Crippen molar-refractivity contribution in [1.82, 2.24) is 24.6 Å². The lowest BCUT2D eigenvalue weighted by molar-refractivity contribution is -0.192. The zero-order valence-electron chi connectivity index (χ0n) is 20.0. The van der Waals surface area contributed by atoms with E-state index in [4.69, 9.17) is 47.6 Å². The number of hydrogen-bond acceptors (Lipinski definition) is 7. The normalized spacial score (nSPS) is 17.9. The van der Waals surface area contributed by atoms with Crippen molar-refractivity contribution in [3.63, 3.8) is 0 Å². The number of carboxylic acid groups (broad SMARTS) is 1. The van der Waals surface area contributed by atoms with Crippen molar-refractivity contribution < 1.29 is 32.5 Å². The van der Waals surface area contributed by atoms with E-state index in [1.54, 1.807) is 12.3 Å². The van der Waals surface area contributed by atoms with E-state index in [0.717, 1.165) is 12.8 Å². The van der Waals surface area contributed by atoms with Crippen molar-refractivity contribution >= 4 is 40.2 Å². The van der Waals surface area contributed by atoms with Gasteiger partial charge in [0.15, 0.2) is 5.65 Å². The summed E-state index contributed by atoms with van der Waals surface area (Å²) in [5.41, 5.74) is 0.473. The van der Waals surface area contributed by atoms with E-state index in [2.05, 4.69) is 15.0 Å². The lowest BCUT2D eigenvalue weighted by Gasteiger charge is -2.42. The first kappa shape index (κ1) is 28.1. The van der Waals surface area contributed by atoms with Gasteiger partial charge < -0.3 is 19.6 Å². The molecule has 2 fully saturated rings. The number of aliphatic carboxylic acids is 1. The third-order valence-corrected chi connectivity index (χ3v) is 7.09. The number of nitrogens with one attached hydrogen (secondary N) is 1. The van der Waals surface area contributed by atoms with Crippen LogP contribution in [0.2, 0.25) is 10.0 Å². The molecule has 2 saturated heterocycles. The first-order valence-corrected chi connectivity index (χ1v) is 12.4. The van der Waals surface area contributed by atoms with Gasteiger partial charge in [0, 0.05) is 26.3 Å². The number of carboxylic acids is 1. The Morgan fingerprint density at radius 3 is 2.55 bits per heavy atom. The molecule has 15 heteroatoms. The fourth-order valence-corrected chi connectivity index (χ4v) is 4.47. The number of aromatic nitrogens is 4. The lowest BCUT2D eigenvalue weighted by atomic mass is 10.1. The van der Waals surface area contributed by atoms with Gasteiger partial charge in [0.25, 0.3) is 5.56 Å². The van der Waals surface area contributed by atoms with Crippen LogP contribution in [0.25, 0.3) is 11.0 Å². The maximum atomic E-state index is 12.7. The summed E-state index contributed by atoms with van der Waals surface area (Å²) in [7, 11) is 0. The van der Waals surface area contributed by atoms with Gasteiger partial charge in [0.05, 0.1) is 23.3 Å². The molecule has 2 aromatic heterocycles. The van der Waals surface area contributed by atoms with Crippen molar-refractivity contribution in [2.45, 2.75) is 44.1 Å². The molecular weight excluding hydrogens is 554 g/mol. The number of benzene rings is 1. The van der Waals surface area contributed by atoms with Gasteiger partial charge in [-0.3, -0.25) is 9.69 Å². The molecule has 2 aliphatic rings. The van der Waals surface area contributed by atoms with E-state index in [9.17, 15) is 18.0 Å². The molecule has 0 bridgehead atoms. The molecule has 5 rings (SSSR count). The van der Waals surface area contributed by atoms with Crippen molar-refractivity contribution in [3.05, 3.63) is 50.6 Å². The van der Waals surface area contributed by atoms with Gasteiger partial charge in [-0.15, -0.1) is 0 Å². The number of H-pyrrole nitrogens is 1. The van der Waals surface area contributed by atoms with Crippen LogP contribution in [0.3, 0.4) is 0 Å². The Hall–Kier alpha value is -2.87. The zero-order valence-corrected chi connectivity index (χ0v) is 21.6. The molecule has 0 aliphatic carbocycles. The molecular formula is C23H24Cl2F3N5O5.